The van der Waals surface area contributed by atoms with Crippen molar-refractivity contribution in [1.29, 1.82) is 0 Å². The first-order valence-electron chi connectivity index (χ1n) is 6.38. The van der Waals surface area contributed by atoms with E-state index in [1.165, 1.54) is 19.3 Å². The number of carbonyl (C=O) groups is 1. The lowest BCUT2D eigenvalue weighted by atomic mass is 9.63. The van der Waals surface area contributed by atoms with Crippen molar-refractivity contribution >= 4 is 5.97 Å². The molecular weight excluding hydrogens is 202 g/mol. The molecule has 1 rings (SSSR count). The summed E-state index contributed by atoms with van der Waals surface area (Å²) < 4.78 is 0. The average Bonchev–Trinajstić information content (AvgIpc) is 2.06. The highest BCUT2D eigenvalue weighted by molar-refractivity contribution is 5.68. The fourth-order valence-corrected chi connectivity index (χ4v) is 2.92. The van der Waals surface area contributed by atoms with Gasteiger partial charge in [-0.15, -0.1) is 0 Å². The topological polar surface area (TPSA) is 63.3 Å². The van der Waals surface area contributed by atoms with E-state index in [4.69, 9.17) is 10.8 Å². The van der Waals surface area contributed by atoms with Crippen LogP contribution in [0.3, 0.4) is 0 Å². The van der Waals surface area contributed by atoms with Crippen molar-refractivity contribution in [2.24, 2.45) is 11.1 Å². The second kappa shape index (κ2) is 5.17. The maximum atomic E-state index is 11.1. The van der Waals surface area contributed by atoms with Gasteiger partial charge in [0.05, 0.1) is 6.42 Å². The molecule has 1 aliphatic rings. The summed E-state index contributed by atoms with van der Waals surface area (Å²) in [5, 5.41) is 9.10. The van der Waals surface area contributed by atoms with Crippen molar-refractivity contribution in [3.63, 3.8) is 0 Å². The molecule has 3 heteroatoms. The van der Waals surface area contributed by atoms with Crippen molar-refractivity contribution in [2.45, 2.75) is 70.8 Å². The van der Waals surface area contributed by atoms with Crippen LogP contribution in [-0.4, -0.2) is 16.6 Å². The van der Waals surface area contributed by atoms with Crippen LogP contribution < -0.4 is 5.73 Å². The Bertz CT molecular complexity index is 235. The lowest BCUT2D eigenvalue weighted by molar-refractivity contribution is -0.141. The molecule has 3 N–H and O–H groups in total. The smallest absolute Gasteiger partial charge is 0.303 e. The molecule has 0 saturated heterocycles. The van der Waals surface area contributed by atoms with Gasteiger partial charge in [0.15, 0.2) is 0 Å². The van der Waals surface area contributed by atoms with Gasteiger partial charge in [-0.3, -0.25) is 4.79 Å². The lowest BCUT2D eigenvalue weighted by Crippen LogP contribution is -2.52. The molecule has 16 heavy (non-hydrogen) atoms. The quantitative estimate of drug-likeness (QED) is 0.779. The molecule has 0 heterocycles. The van der Waals surface area contributed by atoms with Crippen LogP contribution in [0.2, 0.25) is 0 Å². The average molecular weight is 227 g/mol. The minimum Gasteiger partial charge on any atom is -0.481 e. The Hall–Kier alpha value is -0.570. The van der Waals surface area contributed by atoms with Gasteiger partial charge in [0.25, 0.3) is 0 Å². The summed E-state index contributed by atoms with van der Waals surface area (Å²) >= 11 is 0. The van der Waals surface area contributed by atoms with Gasteiger partial charge < -0.3 is 10.8 Å². The highest BCUT2D eigenvalue weighted by atomic mass is 16.4. The van der Waals surface area contributed by atoms with Crippen LogP contribution in [0.5, 0.6) is 0 Å². The van der Waals surface area contributed by atoms with E-state index in [0.717, 1.165) is 25.7 Å². The monoisotopic (exact) mass is 227 g/mol. The molecule has 0 radical (unpaired) electrons. The molecular formula is C13H25NO2. The molecule has 1 fully saturated rings. The van der Waals surface area contributed by atoms with E-state index >= 15 is 0 Å². The maximum Gasteiger partial charge on any atom is 0.303 e. The largest absolute Gasteiger partial charge is 0.481 e. The Morgan fingerprint density at radius 1 is 1.19 bits per heavy atom. The van der Waals surface area contributed by atoms with Gasteiger partial charge in [0, 0.05) is 5.54 Å². The molecule has 94 valence electrons. The van der Waals surface area contributed by atoms with Crippen LogP contribution in [0.4, 0.5) is 0 Å². The van der Waals surface area contributed by atoms with Gasteiger partial charge in [0.1, 0.15) is 0 Å². The zero-order valence-corrected chi connectivity index (χ0v) is 10.6. The summed E-state index contributed by atoms with van der Waals surface area (Å²) in [4.78, 5) is 11.1. The molecule has 1 aliphatic carbocycles. The third-order valence-electron chi connectivity index (χ3n) is 4.17. The Morgan fingerprint density at radius 3 is 2.00 bits per heavy atom. The SMILES string of the molecule is CC(C)(N)C1(CC(=O)O)CCCCCCC1. The van der Waals surface area contributed by atoms with Gasteiger partial charge >= 0.3 is 5.97 Å². The van der Waals surface area contributed by atoms with Crippen molar-refractivity contribution in [3.8, 4) is 0 Å². The molecule has 3 nitrogen and oxygen atoms in total. The van der Waals surface area contributed by atoms with Crippen LogP contribution in [0, 0.1) is 5.41 Å². The first kappa shape index (κ1) is 13.5. The van der Waals surface area contributed by atoms with E-state index in [1.54, 1.807) is 0 Å². The van der Waals surface area contributed by atoms with E-state index in [9.17, 15) is 4.79 Å². The Kier molecular flexibility index (Phi) is 4.36. The standard InChI is InChI=1S/C13H25NO2/c1-12(2,14)13(10-11(15)16)8-6-4-3-5-7-9-13/h3-10,14H2,1-2H3,(H,15,16). The molecule has 0 unspecified atom stereocenters. The fraction of sp³-hybridized carbons (Fsp3) is 0.923. The first-order valence-corrected chi connectivity index (χ1v) is 6.38. The zero-order chi connectivity index (χ0) is 12.2. The van der Waals surface area contributed by atoms with E-state index < -0.39 is 11.5 Å². The first-order chi connectivity index (χ1) is 7.37. The van der Waals surface area contributed by atoms with Crippen LogP contribution in [-0.2, 0) is 4.79 Å². The minimum absolute atomic E-state index is 0.209. The fourth-order valence-electron chi connectivity index (χ4n) is 2.92. The summed E-state index contributed by atoms with van der Waals surface area (Å²) in [6, 6.07) is 0. The maximum absolute atomic E-state index is 11.1. The number of aliphatic carboxylic acids is 1. The number of hydrogen-bond acceptors (Lipinski definition) is 2. The summed E-state index contributed by atoms with van der Waals surface area (Å²) in [6.07, 6.45) is 8.10. The highest BCUT2D eigenvalue weighted by Gasteiger charge is 2.43. The summed E-state index contributed by atoms with van der Waals surface area (Å²) in [7, 11) is 0. The van der Waals surface area contributed by atoms with E-state index in [-0.39, 0.29) is 11.8 Å². The number of nitrogens with two attached hydrogens (primary N) is 1. The van der Waals surface area contributed by atoms with Gasteiger partial charge in [0.2, 0.25) is 0 Å². The molecule has 0 amide bonds. The highest BCUT2D eigenvalue weighted by Crippen LogP contribution is 2.44. The number of hydrogen-bond donors (Lipinski definition) is 2. The van der Waals surface area contributed by atoms with Gasteiger partial charge in [-0.05, 0) is 32.1 Å². The predicted molar refractivity (Wildman–Crippen MR) is 65.3 cm³/mol. The van der Waals surface area contributed by atoms with Crippen molar-refractivity contribution < 1.29 is 9.90 Å². The Balaban J connectivity index is 2.85. The van der Waals surface area contributed by atoms with Crippen LogP contribution in [0.1, 0.15) is 65.2 Å². The number of carboxylic acids is 1. The summed E-state index contributed by atoms with van der Waals surface area (Å²) in [6.45, 7) is 3.97. The second-order valence-corrected chi connectivity index (χ2v) is 5.84. The predicted octanol–water partition coefficient (Wildman–Crippen LogP) is 2.93. The molecule has 0 aromatic carbocycles. The molecule has 0 aliphatic heterocycles. The van der Waals surface area contributed by atoms with E-state index in [0.29, 0.717) is 0 Å². The van der Waals surface area contributed by atoms with Crippen LogP contribution in [0.25, 0.3) is 0 Å². The van der Waals surface area contributed by atoms with Gasteiger partial charge in [-0.2, -0.15) is 0 Å². The molecule has 1 saturated carbocycles. The summed E-state index contributed by atoms with van der Waals surface area (Å²) in [5.41, 5.74) is 5.64. The van der Waals surface area contributed by atoms with E-state index in [1.807, 2.05) is 13.8 Å². The summed E-state index contributed by atoms with van der Waals surface area (Å²) in [5.74, 6) is -0.709. The van der Waals surface area contributed by atoms with Crippen LogP contribution >= 0.6 is 0 Å². The van der Waals surface area contributed by atoms with Crippen molar-refractivity contribution in [1.82, 2.24) is 0 Å². The second-order valence-electron chi connectivity index (χ2n) is 5.84. The van der Waals surface area contributed by atoms with Gasteiger partial charge in [-0.25, -0.2) is 0 Å². The third kappa shape index (κ3) is 3.21. The minimum atomic E-state index is -0.709. The molecule has 0 atom stereocenters. The molecule has 0 aromatic rings. The molecule has 0 aromatic heterocycles. The lowest BCUT2D eigenvalue weighted by Gasteiger charge is -2.45. The third-order valence-corrected chi connectivity index (χ3v) is 4.17. The van der Waals surface area contributed by atoms with Gasteiger partial charge in [-0.1, -0.05) is 32.1 Å². The van der Waals surface area contributed by atoms with E-state index in [2.05, 4.69) is 0 Å². The molecule has 0 spiro atoms. The number of carboxylic acid groups (broad SMARTS) is 1. The Morgan fingerprint density at radius 2 is 1.62 bits per heavy atom. The number of rotatable bonds is 3. The van der Waals surface area contributed by atoms with Crippen molar-refractivity contribution in [2.75, 3.05) is 0 Å². The van der Waals surface area contributed by atoms with Crippen molar-refractivity contribution in [3.05, 3.63) is 0 Å². The Labute approximate surface area is 98.4 Å². The van der Waals surface area contributed by atoms with Crippen LogP contribution in [0.15, 0.2) is 0 Å². The molecule has 0 bridgehead atoms. The normalized spacial score (nSPS) is 22.2. The zero-order valence-electron chi connectivity index (χ0n) is 10.6.